The molecule has 2 fully saturated rings. The van der Waals surface area contributed by atoms with Crippen LogP contribution in [0, 0.1) is 5.92 Å². The number of nitrogens with two attached hydrogens (primary N) is 1. The van der Waals surface area contributed by atoms with Crippen LogP contribution in [0.4, 0.5) is 0 Å². The van der Waals surface area contributed by atoms with Gasteiger partial charge in [-0.25, -0.2) is 4.79 Å². The Labute approximate surface area is 227 Å². The average Bonchev–Trinajstić information content (AvgIpc) is 3.57. The highest BCUT2D eigenvalue weighted by Crippen LogP contribution is 2.23. The number of aromatic hydroxyl groups is 1. The molecule has 3 rings (SSSR count). The van der Waals surface area contributed by atoms with Crippen molar-refractivity contribution in [1.29, 1.82) is 0 Å². The summed E-state index contributed by atoms with van der Waals surface area (Å²) in [4.78, 5) is 67.2. The van der Waals surface area contributed by atoms with Gasteiger partial charge in [0, 0.05) is 19.5 Å². The number of nitrogens with one attached hydrogen (secondary N) is 2. The summed E-state index contributed by atoms with van der Waals surface area (Å²) in [7, 11) is 0. The van der Waals surface area contributed by atoms with Gasteiger partial charge in [-0.1, -0.05) is 26.0 Å². The van der Waals surface area contributed by atoms with Crippen molar-refractivity contribution in [1.82, 2.24) is 20.4 Å². The first-order valence-corrected chi connectivity index (χ1v) is 13.4. The lowest BCUT2D eigenvalue weighted by Gasteiger charge is -2.32. The van der Waals surface area contributed by atoms with E-state index in [-0.39, 0.29) is 24.6 Å². The summed E-state index contributed by atoms with van der Waals surface area (Å²) in [5, 5.41) is 24.7. The van der Waals surface area contributed by atoms with Crippen molar-refractivity contribution in [3.8, 4) is 5.75 Å². The van der Waals surface area contributed by atoms with Crippen molar-refractivity contribution in [2.24, 2.45) is 11.7 Å². The zero-order chi connectivity index (χ0) is 28.9. The van der Waals surface area contributed by atoms with Crippen molar-refractivity contribution in [3.63, 3.8) is 0 Å². The van der Waals surface area contributed by atoms with Crippen LogP contribution in [-0.4, -0.2) is 92.9 Å². The number of aliphatic carboxylic acids is 1. The van der Waals surface area contributed by atoms with Gasteiger partial charge in [0.15, 0.2) is 0 Å². The smallest absolute Gasteiger partial charge is 0.326 e. The second-order valence-corrected chi connectivity index (χ2v) is 10.7. The number of benzene rings is 1. The number of carboxylic acid groups (broad SMARTS) is 1. The Hall–Kier alpha value is -3.67. The maximum absolute atomic E-state index is 13.5. The predicted octanol–water partition coefficient (Wildman–Crippen LogP) is -0.0259. The first-order valence-electron chi connectivity index (χ1n) is 13.4. The monoisotopic (exact) mass is 545 g/mol. The molecule has 0 aliphatic carbocycles. The van der Waals surface area contributed by atoms with Crippen LogP contribution in [0.1, 0.15) is 52.0 Å². The molecule has 0 spiro atoms. The molecule has 6 N–H and O–H groups in total. The summed E-state index contributed by atoms with van der Waals surface area (Å²) in [5.74, 6) is -3.21. The van der Waals surface area contributed by atoms with E-state index in [2.05, 4.69) is 10.6 Å². The third kappa shape index (κ3) is 7.25. The highest BCUT2D eigenvalue weighted by molar-refractivity contribution is 5.96. The van der Waals surface area contributed by atoms with Gasteiger partial charge in [-0.15, -0.1) is 0 Å². The van der Waals surface area contributed by atoms with Crippen molar-refractivity contribution >= 4 is 29.6 Å². The molecule has 12 nitrogen and oxygen atoms in total. The maximum Gasteiger partial charge on any atom is 0.326 e. The lowest BCUT2D eigenvalue weighted by molar-refractivity contribution is -0.149. The Balaban J connectivity index is 1.81. The second-order valence-electron chi connectivity index (χ2n) is 10.7. The van der Waals surface area contributed by atoms with E-state index in [0.717, 1.165) is 0 Å². The van der Waals surface area contributed by atoms with Crippen LogP contribution < -0.4 is 16.4 Å². The molecule has 0 bridgehead atoms. The van der Waals surface area contributed by atoms with Gasteiger partial charge in [-0.05, 0) is 56.2 Å². The Kier molecular flexibility index (Phi) is 9.90. The van der Waals surface area contributed by atoms with E-state index in [1.165, 1.54) is 28.9 Å². The number of carbonyl (C=O) groups is 5. The van der Waals surface area contributed by atoms with Crippen LogP contribution in [-0.2, 0) is 30.4 Å². The van der Waals surface area contributed by atoms with E-state index in [1.54, 1.807) is 26.0 Å². The quantitative estimate of drug-likeness (QED) is 0.272. The van der Waals surface area contributed by atoms with Gasteiger partial charge >= 0.3 is 5.97 Å². The van der Waals surface area contributed by atoms with Crippen LogP contribution in [0.3, 0.4) is 0 Å². The molecule has 2 aliphatic rings. The Morgan fingerprint density at radius 3 is 2.03 bits per heavy atom. The van der Waals surface area contributed by atoms with Gasteiger partial charge in [0.1, 0.15) is 29.9 Å². The zero-order valence-corrected chi connectivity index (χ0v) is 22.6. The largest absolute Gasteiger partial charge is 0.508 e. The predicted molar refractivity (Wildman–Crippen MR) is 141 cm³/mol. The molecule has 39 heavy (non-hydrogen) atoms. The molecular formula is C27H39N5O7. The van der Waals surface area contributed by atoms with Crippen LogP contribution >= 0.6 is 0 Å². The molecule has 214 valence electrons. The van der Waals surface area contributed by atoms with Crippen LogP contribution in [0.2, 0.25) is 0 Å². The van der Waals surface area contributed by atoms with E-state index in [9.17, 15) is 34.2 Å². The number of hydrogen-bond donors (Lipinski definition) is 5. The normalized spacial score (nSPS) is 21.4. The summed E-state index contributed by atoms with van der Waals surface area (Å²) < 4.78 is 0. The third-order valence-electron chi connectivity index (χ3n) is 7.29. The first kappa shape index (κ1) is 29.9. The van der Waals surface area contributed by atoms with E-state index in [4.69, 9.17) is 5.73 Å². The minimum Gasteiger partial charge on any atom is -0.508 e. The maximum atomic E-state index is 13.5. The molecule has 0 radical (unpaired) electrons. The number of phenolic OH excluding ortho intramolecular Hbond substituents is 1. The zero-order valence-electron chi connectivity index (χ0n) is 22.6. The third-order valence-corrected chi connectivity index (χ3v) is 7.29. The second kappa shape index (κ2) is 12.9. The van der Waals surface area contributed by atoms with Gasteiger partial charge in [0.2, 0.25) is 23.6 Å². The molecule has 4 amide bonds. The molecule has 2 heterocycles. The van der Waals surface area contributed by atoms with Crippen molar-refractivity contribution < 1.29 is 34.2 Å². The summed E-state index contributed by atoms with van der Waals surface area (Å²) in [6.07, 6.45) is 1.89. The lowest BCUT2D eigenvalue weighted by atomic mass is 10.0. The molecule has 0 aromatic heterocycles. The SMILES string of the molecule is CC(C)[C@H](NC(=O)[C@H](C)N)C(=O)N1CCC[C@H]1C(=O)N[C@@H](Cc1ccc(O)cc1)C(=O)N1CCC[C@H]1C(=O)O. The minimum atomic E-state index is -1.10. The molecule has 1 aromatic rings. The Bertz CT molecular complexity index is 1070. The number of carboxylic acids is 1. The van der Waals surface area contributed by atoms with Gasteiger partial charge in [0.05, 0.1) is 6.04 Å². The molecule has 5 atom stereocenters. The summed E-state index contributed by atoms with van der Waals surface area (Å²) in [5.41, 5.74) is 6.32. The van der Waals surface area contributed by atoms with Crippen LogP contribution in [0.25, 0.3) is 0 Å². The summed E-state index contributed by atoms with van der Waals surface area (Å²) in [6, 6.07) is 1.62. The lowest BCUT2D eigenvalue weighted by Crippen LogP contribution is -2.59. The minimum absolute atomic E-state index is 0.0482. The molecule has 2 aliphatic heterocycles. The number of nitrogens with zero attached hydrogens (tertiary/aromatic N) is 2. The number of rotatable bonds is 10. The van der Waals surface area contributed by atoms with Gasteiger partial charge < -0.3 is 36.4 Å². The number of likely N-dealkylation sites (tertiary alicyclic amines) is 2. The van der Waals surface area contributed by atoms with E-state index < -0.39 is 59.8 Å². The fraction of sp³-hybridized carbons (Fsp3) is 0.593. The summed E-state index contributed by atoms with van der Waals surface area (Å²) in [6.45, 7) is 5.68. The Morgan fingerprint density at radius 1 is 0.923 bits per heavy atom. The van der Waals surface area contributed by atoms with E-state index in [0.29, 0.717) is 37.8 Å². The first-order chi connectivity index (χ1) is 18.4. The molecule has 2 saturated heterocycles. The van der Waals surface area contributed by atoms with Crippen molar-refractivity contribution in [2.45, 2.75) is 83.1 Å². The van der Waals surface area contributed by atoms with Crippen molar-refractivity contribution in [3.05, 3.63) is 29.8 Å². The highest BCUT2D eigenvalue weighted by Gasteiger charge is 2.42. The number of carbonyl (C=O) groups excluding carboxylic acids is 4. The average molecular weight is 546 g/mol. The van der Waals surface area contributed by atoms with Gasteiger partial charge in [-0.3, -0.25) is 19.2 Å². The van der Waals surface area contributed by atoms with Gasteiger partial charge in [0.25, 0.3) is 0 Å². The van der Waals surface area contributed by atoms with Crippen LogP contribution in [0.5, 0.6) is 5.75 Å². The topological polar surface area (TPSA) is 182 Å². The number of amides is 4. The molecule has 1 aromatic carbocycles. The Morgan fingerprint density at radius 2 is 1.49 bits per heavy atom. The molecular weight excluding hydrogens is 506 g/mol. The molecule has 0 unspecified atom stereocenters. The number of phenols is 1. The van der Waals surface area contributed by atoms with Crippen LogP contribution in [0.15, 0.2) is 24.3 Å². The fourth-order valence-corrected chi connectivity index (χ4v) is 5.10. The standard InChI is InChI=1S/C27H39N5O7/c1-15(2)22(30-23(34)16(3)28)26(37)31-12-4-6-20(31)24(35)29-19(14-17-8-10-18(33)11-9-17)25(36)32-13-5-7-21(32)27(38)39/h8-11,15-16,19-22,33H,4-7,12-14,28H2,1-3H3,(H,29,35)(H,30,34)(H,38,39)/t16-,19-,20-,21-,22-/m0/s1. The van der Waals surface area contributed by atoms with Crippen molar-refractivity contribution in [2.75, 3.05) is 13.1 Å². The molecule has 0 saturated carbocycles. The summed E-state index contributed by atoms with van der Waals surface area (Å²) >= 11 is 0. The molecule has 12 heteroatoms. The van der Waals surface area contributed by atoms with E-state index in [1.807, 2.05) is 0 Å². The number of hydrogen-bond acceptors (Lipinski definition) is 7. The fourth-order valence-electron chi connectivity index (χ4n) is 5.10. The highest BCUT2D eigenvalue weighted by atomic mass is 16.4. The van der Waals surface area contributed by atoms with Gasteiger partial charge in [-0.2, -0.15) is 0 Å². The van der Waals surface area contributed by atoms with E-state index >= 15 is 0 Å².